The fourth-order valence-electron chi connectivity index (χ4n) is 3.24. The van der Waals surface area contributed by atoms with Crippen LogP contribution in [-0.2, 0) is 9.59 Å². The number of nitrogens with zero attached hydrogens (tertiary/aromatic N) is 3. The van der Waals surface area contributed by atoms with E-state index >= 15 is 0 Å². The van der Waals surface area contributed by atoms with Gasteiger partial charge in [-0.2, -0.15) is 5.21 Å². The second kappa shape index (κ2) is 4.69. The Hall–Kier alpha value is -2.25. The Bertz CT molecular complexity index is 555. The molecule has 2 aliphatic carbocycles. The molecule has 1 amide bonds. The summed E-state index contributed by atoms with van der Waals surface area (Å²) in [6, 6.07) is -0.404. The monoisotopic (exact) mass is 277 g/mol. The van der Waals surface area contributed by atoms with Gasteiger partial charge >= 0.3 is 5.97 Å². The third-order valence-corrected chi connectivity index (χ3v) is 4.15. The normalized spacial score (nSPS) is 32.2. The number of amides is 1. The zero-order valence-corrected chi connectivity index (χ0v) is 10.9. The molecule has 1 heterocycles. The minimum absolute atomic E-state index is 0.0126. The van der Waals surface area contributed by atoms with Gasteiger partial charge in [0.05, 0.1) is 17.9 Å². The van der Waals surface area contributed by atoms with Crippen LogP contribution in [0.15, 0.2) is 12.2 Å². The Balaban J connectivity index is 1.73. The Kier molecular flexibility index (Phi) is 3.00. The number of hydrogen-bond acceptors (Lipinski definition) is 5. The number of carbonyl (C=O) groups excluding carboxylic acids is 1. The lowest BCUT2D eigenvalue weighted by Crippen LogP contribution is -2.41. The highest BCUT2D eigenvalue weighted by atomic mass is 16.4. The standard InChI is InChI=1S/C12H15N5O3/c1-5(10-14-16-17-15-10)13-11(18)8-6-2-3-7(4-6)9(8)12(19)20/h2-3,5-9H,4H2,1H3,(H,13,18)(H,19,20)(H,14,15,16,17). The topological polar surface area (TPSA) is 121 Å². The zero-order valence-electron chi connectivity index (χ0n) is 10.9. The third kappa shape index (κ3) is 1.97. The summed E-state index contributed by atoms with van der Waals surface area (Å²) in [5.41, 5.74) is 0. The van der Waals surface area contributed by atoms with Gasteiger partial charge in [0.15, 0.2) is 5.82 Å². The third-order valence-electron chi connectivity index (χ3n) is 4.15. The Morgan fingerprint density at radius 2 is 2.10 bits per heavy atom. The number of H-pyrrole nitrogens is 1. The van der Waals surface area contributed by atoms with Crippen molar-refractivity contribution in [1.82, 2.24) is 25.9 Å². The predicted octanol–water partition coefficient (Wildman–Crippen LogP) is -0.100. The first kappa shape index (κ1) is 12.8. The van der Waals surface area contributed by atoms with E-state index in [4.69, 9.17) is 0 Å². The van der Waals surface area contributed by atoms with Crippen LogP contribution in [-0.4, -0.2) is 37.6 Å². The van der Waals surface area contributed by atoms with Gasteiger partial charge in [0.1, 0.15) is 0 Å². The van der Waals surface area contributed by atoms with Crippen molar-refractivity contribution < 1.29 is 14.7 Å². The number of carboxylic acids is 1. The summed E-state index contributed by atoms with van der Waals surface area (Å²) in [6.07, 6.45) is 4.61. The first-order valence-corrected chi connectivity index (χ1v) is 6.52. The summed E-state index contributed by atoms with van der Waals surface area (Å²) < 4.78 is 0. The van der Waals surface area contributed by atoms with Gasteiger partial charge in [0.2, 0.25) is 5.91 Å². The van der Waals surface area contributed by atoms with Crippen molar-refractivity contribution in [2.75, 3.05) is 0 Å². The Morgan fingerprint density at radius 3 is 2.70 bits per heavy atom. The minimum atomic E-state index is -0.908. The lowest BCUT2D eigenvalue weighted by atomic mass is 9.82. The summed E-state index contributed by atoms with van der Waals surface area (Å²) in [5.74, 6) is -1.96. The Morgan fingerprint density at radius 1 is 1.40 bits per heavy atom. The molecule has 1 fully saturated rings. The van der Waals surface area contributed by atoms with Crippen molar-refractivity contribution in [2.45, 2.75) is 19.4 Å². The van der Waals surface area contributed by atoms with Crippen LogP contribution in [0.4, 0.5) is 0 Å². The molecule has 8 heteroatoms. The summed E-state index contributed by atoms with van der Waals surface area (Å²) in [6.45, 7) is 1.74. The quantitative estimate of drug-likeness (QED) is 0.661. The number of rotatable bonds is 4. The predicted molar refractivity (Wildman–Crippen MR) is 66.1 cm³/mol. The number of hydrogen-bond donors (Lipinski definition) is 3. The zero-order chi connectivity index (χ0) is 14.3. The number of tetrazole rings is 1. The van der Waals surface area contributed by atoms with E-state index in [0.717, 1.165) is 6.42 Å². The molecule has 0 saturated heterocycles. The molecule has 0 aromatic carbocycles. The van der Waals surface area contributed by atoms with E-state index < -0.39 is 23.8 Å². The van der Waals surface area contributed by atoms with Crippen LogP contribution in [0.25, 0.3) is 0 Å². The van der Waals surface area contributed by atoms with E-state index in [1.807, 2.05) is 12.2 Å². The Labute approximate surface area is 114 Å². The lowest BCUT2D eigenvalue weighted by Gasteiger charge is -2.24. The second-order valence-electron chi connectivity index (χ2n) is 5.34. The molecule has 3 rings (SSSR count). The number of fused-ring (bicyclic) bond motifs is 2. The molecule has 0 spiro atoms. The molecular weight excluding hydrogens is 262 g/mol. The van der Waals surface area contributed by atoms with Crippen molar-refractivity contribution in [3.8, 4) is 0 Å². The first-order chi connectivity index (χ1) is 9.58. The van der Waals surface area contributed by atoms with Crippen LogP contribution < -0.4 is 5.32 Å². The minimum Gasteiger partial charge on any atom is -0.481 e. The number of allylic oxidation sites excluding steroid dienone is 2. The van der Waals surface area contributed by atoms with Gasteiger partial charge in [-0.3, -0.25) is 9.59 Å². The van der Waals surface area contributed by atoms with Crippen LogP contribution in [0.1, 0.15) is 25.2 Å². The molecular formula is C12H15N5O3. The van der Waals surface area contributed by atoms with Crippen LogP contribution in [0.2, 0.25) is 0 Å². The van der Waals surface area contributed by atoms with Gasteiger partial charge in [0.25, 0.3) is 0 Å². The number of aromatic amines is 1. The molecule has 1 saturated carbocycles. The maximum Gasteiger partial charge on any atom is 0.307 e. The fraction of sp³-hybridized carbons (Fsp3) is 0.583. The fourth-order valence-corrected chi connectivity index (χ4v) is 3.24. The second-order valence-corrected chi connectivity index (χ2v) is 5.34. The van der Waals surface area contributed by atoms with Gasteiger partial charge in [-0.05, 0) is 25.2 Å². The average molecular weight is 277 g/mol. The smallest absolute Gasteiger partial charge is 0.307 e. The number of carbonyl (C=O) groups is 2. The van der Waals surface area contributed by atoms with Crippen molar-refractivity contribution in [3.63, 3.8) is 0 Å². The summed E-state index contributed by atoms with van der Waals surface area (Å²) >= 11 is 0. The highest BCUT2D eigenvalue weighted by Crippen LogP contribution is 2.48. The maximum atomic E-state index is 12.4. The number of aliphatic carboxylic acids is 1. The van der Waals surface area contributed by atoms with Crippen molar-refractivity contribution in [2.24, 2.45) is 23.7 Å². The van der Waals surface area contributed by atoms with Crippen LogP contribution in [0.3, 0.4) is 0 Å². The van der Waals surface area contributed by atoms with Gasteiger partial charge in [-0.15, -0.1) is 10.2 Å². The highest BCUT2D eigenvalue weighted by Gasteiger charge is 2.51. The molecule has 5 atom stereocenters. The van der Waals surface area contributed by atoms with Crippen molar-refractivity contribution in [1.29, 1.82) is 0 Å². The van der Waals surface area contributed by atoms with E-state index in [1.165, 1.54) is 0 Å². The molecule has 106 valence electrons. The molecule has 20 heavy (non-hydrogen) atoms. The van der Waals surface area contributed by atoms with Gasteiger partial charge in [-0.25, -0.2) is 0 Å². The van der Waals surface area contributed by atoms with E-state index in [1.54, 1.807) is 6.92 Å². The molecule has 3 N–H and O–H groups in total. The number of nitrogens with one attached hydrogen (secondary N) is 2. The number of aromatic nitrogens is 4. The molecule has 1 aromatic heterocycles. The van der Waals surface area contributed by atoms with E-state index in [-0.39, 0.29) is 17.7 Å². The SMILES string of the molecule is CC(NC(=O)C1C2C=CC(C2)C1C(=O)O)c1nn[nH]n1. The van der Waals surface area contributed by atoms with Crippen LogP contribution in [0.5, 0.6) is 0 Å². The van der Waals surface area contributed by atoms with Gasteiger partial charge < -0.3 is 10.4 Å². The molecule has 1 aromatic rings. The van der Waals surface area contributed by atoms with E-state index in [0.29, 0.717) is 5.82 Å². The summed E-state index contributed by atoms with van der Waals surface area (Å²) in [4.78, 5) is 23.7. The molecule has 2 bridgehead atoms. The lowest BCUT2D eigenvalue weighted by molar-refractivity contribution is -0.148. The first-order valence-electron chi connectivity index (χ1n) is 6.52. The molecule has 5 unspecified atom stereocenters. The van der Waals surface area contributed by atoms with E-state index in [9.17, 15) is 14.7 Å². The van der Waals surface area contributed by atoms with Crippen molar-refractivity contribution >= 4 is 11.9 Å². The highest BCUT2D eigenvalue weighted by molar-refractivity contribution is 5.87. The number of carboxylic acid groups (broad SMARTS) is 1. The van der Waals surface area contributed by atoms with Crippen LogP contribution >= 0.6 is 0 Å². The van der Waals surface area contributed by atoms with Gasteiger partial charge in [0, 0.05) is 0 Å². The van der Waals surface area contributed by atoms with E-state index in [2.05, 4.69) is 25.9 Å². The average Bonchev–Trinajstić information content (AvgIpc) is 3.13. The molecule has 0 radical (unpaired) electrons. The largest absolute Gasteiger partial charge is 0.481 e. The summed E-state index contributed by atoms with van der Waals surface area (Å²) in [7, 11) is 0. The molecule has 0 aliphatic heterocycles. The van der Waals surface area contributed by atoms with Gasteiger partial charge in [-0.1, -0.05) is 17.4 Å². The molecule has 8 nitrogen and oxygen atoms in total. The van der Waals surface area contributed by atoms with Crippen molar-refractivity contribution in [3.05, 3.63) is 18.0 Å². The maximum absolute atomic E-state index is 12.4. The summed E-state index contributed by atoms with van der Waals surface area (Å²) in [5, 5.41) is 25.5. The molecule has 2 aliphatic rings. The van der Waals surface area contributed by atoms with Crippen LogP contribution in [0, 0.1) is 23.7 Å².